The van der Waals surface area contributed by atoms with E-state index < -0.39 is 5.69 Å². The van der Waals surface area contributed by atoms with Crippen LogP contribution in [0.3, 0.4) is 0 Å². The molecule has 0 bridgehead atoms. The number of aromatic nitrogens is 3. The maximum atomic E-state index is 12.8. The van der Waals surface area contributed by atoms with Crippen molar-refractivity contribution in [1.82, 2.24) is 24.6 Å². The number of hydrogen-bond acceptors (Lipinski definition) is 5. The van der Waals surface area contributed by atoms with E-state index in [0.717, 1.165) is 35.3 Å². The van der Waals surface area contributed by atoms with Crippen molar-refractivity contribution >= 4 is 11.8 Å². The lowest BCUT2D eigenvalue weighted by molar-refractivity contribution is -0.122. The van der Waals surface area contributed by atoms with Gasteiger partial charge in [-0.2, -0.15) is 0 Å². The van der Waals surface area contributed by atoms with Gasteiger partial charge in [0.05, 0.1) is 6.10 Å². The fraction of sp³-hybridized carbons (Fsp3) is 0.500. The molecule has 2 aromatic rings. The first-order valence-corrected chi connectivity index (χ1v) is 9.92. The molecular weight excluding hydrogens is 374 g/mol. The summed E-state index contributed by atoms with van der Waals surface area (Å²) in [6, 6.07) is 7.97. The van der Waals surface area contributed by atoms with Crippen molar-refractivity contribution in [3.05, 3.63) is 51.7 Å². The van der Waals surface area contributed by atoms with Crippen molar-refractivity contribution in [3.63, 3.8) is 0 Å². The number of carbonyl (C=O) groups is 2. The Morgan fingerprint density at radius 3 is 2.93 bits per heavy atom. The molecule has 1 aromatic heterocycles. The van der Waals surface area contributed by atoms with Crippen LogP contribution in [0.2, 0.25) is 0 Å². The van der Waals surface area contributed by atoms with E-state index in [9.17, 15) is 14.4 Å². The van der Waals surface area contributed by atoms with Crippen LogP contribution in [0, 0.1) is 6.92 Å². The van der Waals surface area contributed by atoms with E-state index in [-0.39, 0.29) is 30.3 Å². The lowest BCUT2D eigenvalue weighted by Crippen LogP contribution is -2.42. The second kappa shape index (κ2) is 8.20. The Morgan fingerprint density at radius 2 is 2.17 bits per heavy atom. The molecule has 1 atom stereocenters. The number of hydrogen-bond donors (Lipinski definition) is 1. The minimum absolute atomic E-state index is 0.0302. The van der Waals surface area contributed by atoms with Crippen molar-refractivity contribution < 1.29 is 14.3 Å². The van der Waals surface area contributed by atoms with Gasteiger partial charge in [-0.05, 0) is 25.3 Å². The molecule has 3 heterocycles. The molecule has 154 valence electrons. The molecule has 0 radical (unpaired) electrons. The number of amides is 2. The Balaban J connectivity index is 1.42. The van der Waals surface area contributed by atoms with Crippen LogP contribution in [0.5, 0.6) is 0 Å². The van der Waals surface area contributed by atoms with E-state index in [4.69, 9.17) is 4.74 Å². The Morgan fingerprint density at radius 1 is 1.31 bits per heavy atom. The summed E-state index contributed by atoms with van der Waals surface area (Å²) < 4.78 is 7.89. The van der Waals surface area contributed by atoms with Gasteiger partial charge in [0.15, 0.2) is 0 Å². The molecule has 1 N–H and O–H groups in total. The number of benzene rings is 1. The van der Waals surface area contributed by atoms with E-state index >= 15 is 0 Å². The number of nitrogens with zero attached hydrogens (tertiary/aromatic N) is 4. The number of carbonyl (C=O) groups excluding carboxylic acids is 2. The highest BCUT2D eigenvalue weighted by Crippen LogP contribution is 2.14. The highest BCUT2D eigenvalue weighted by molar-refractivity contribution is 5.91. The summed E-state index contributed by atoms with van der Waals surface area (Å²) in [4.78, 5) is 39.2. The minimum Gasteiger partial charge on any atom is -0.376 e. The second-order valence-corrected chi connectivity index (χ2v) is 7.57. The van der Waals surface area contributed by atoms with Crippen LogP contribution in [0.4, 0.5) is 0 Å². The van der Waals surface area contributed by atoms with Gasteiger partial charge in [0.1, 0.15) is 6.54 Å². The maximum absolute atomic E-state index is 12.8. The topological polar surface area (TPSA) is 98.5 Å². The smallest absolute Gasteiger partial charge is 0.346 e. The van der Waals surface area contributed by atoms with Crippen LogP contribution in [0.25, 0.3) is 0 Å². The average molecular weight is 399 g/mol. The van der Waals surface area contributed by atoms with Gasteiger partial charge in [0.25, 0.3) is 5.91 Å². The maximum Gasteiger partial charge on any atom is 0.346 e. The molecule has 0 saturated carbocycles. The standard InChI is InChI=1S/C20H25N5O4/c1-14-4-2-5-15(10-14)12-23-7-8-24-18(19(23)27)22-25(20(24)28)13-17(26)21-11-16-6-3-9-29-16/h2,4-5,10,16H,3,6-9,11-13H2,1H3,(H,21,26)/t16-/m0/s1. The molecule has 9 heteroatoms. The number of nitrogens with one attached hydrogen (secondary N) is 1. The third-order valence-corrected chi connectivity index (χ3v) is 5.30. The van der Waals surface area contributed by atoms with Crippen molar-refractivity contribution in [1.29, 1.82) is 0 Å². The molecule has 2 amide bonds. The van der Waals surface area contributed by atoms with Crippen molar-refractivity contribution in [2.45, 2.75) is 45.5 Å². The van der Waals surface area contributed by atoms with Gasteiger partial charge in [0.2, 0.25) is 11.7 Å². The van der Waals surface area contributed by atoms with Crippen LogP contribution in [0.1, 0.15) is 34.6 Å². The van der Waals surface area contributed by atoms with Gasteiger partial charge >= 0.3 is 5.69 Å². The van der Waals surface area contributed by atoms with Crippen molar-refractivity contribution in [2.24, 2.45) is 0 Å². The zero-order chi connectivity index (χ0) is 20.4. The SMILES string of the molecule is Cc1cccc(CN2CCn3c(nn(CC(=O)NC[C@@H]4CCCO4)c3=O)C2=O)c1. The second-order valence-electron chi connectivity index (χ2n) is 7.57. The molecule has 1 fully saturated rings. The quantitative estimate of drug-likeness (QED) is 0.754. The molecule has 0 spiro atoms. The van der Waals surface area contributed by atoms with E-state index in [1.807, 2.05) is 31.2 Å². The molecule has 0 aliphatic carbocycles. The number of ether oxygens (including phenoxy) is 1. The third-order valence-electron chi connectivity index (χ3n) is 5.30. The molecule has 1 aromatic carbocycles. The fourth-order valence-electron chi connectivity index (χ4n) is 3.77. The van der Waals surface area contributed by atoms with Gasteiger partial charge in [-0.25, -0.2) is 9.48 Å². The summed E-state index contributed by atoms with van der Waals surface area (Å²) >= 11 is 0. The van der Waals surface area contributed by atoms with Gasteiger partial charge in [-0.15, -0.1) is 5.10 Å². The van der Waals surface area contributed by atoms with Crippen LogP contribution < -0.4 is 11.0 Å². The summed E-state index contributed by atoms with van der Waals surface area (Å²) in [6.45, 7) is 4.18. The molecule has 2 aliphatic heterocycles. The number of aryl methyl sites for hydroxylation is 1. The first-order chi connectivity index (χ1) is 14.0. The van der Waals surface area contributed by atoms with E-state index in [1.165, 1.54) is 4.57 Å². The van der Waals surface area contributed by atoms with Crippen molar-refractivity contribution in [3.8, 4) is 0 Å². The highest BCUT2D eigenvalue weighted by atomic mass is 16.5. The first kappa shape index (κ1) is 19.4. The molecule has 9 nitrogen and oxygen atoms in total. The molecule has 1 saturated heterocycles. The predicted octanol–water partition coefficient (Wildman–Crippen LogP) is 0.304. The Bertz CT molecular complexity index is 973. The minimum atomic E-state index is -0.434. The van der Waals surface area contributed by atoms with E-state index in [2.05, 4.69) is 10.4 Å². The highest BCUT2D eigenvalue weighted by Gasteiger charge is 2.30. The normalized spacial score (nSPS) is 18.7. The largest absolute Gasteiger partial charge is 0.376 e. The molecule has 29 heavy (non-hydrogen) atoms. The number of rotatable bonds is 6. The van der Waals surface area contributed by atoms with Crippen LogP contribution in [-0.4, -0.2) is 56.9 Å². The summed E-state index contributed by atoms with van der Waals surface area (Å²) in [6.07, 6.45) is 1.95. The van der Waals surface area contributed by atoms with Gasteiger partial charge in [-0.1, -0.05) is 29.8 Å². The van der Waals surface area contributed by atoms with Crippen LogP contribution >= 0.6 is 0 Å². The van der Waals surface area contributed by atoms with Gasteiger partial charge in [-0.3, -0.25) is 14.2 Å². The molecular formula is C20H25N5O4. The molecule has 0 unspecified atom stereocenters. The van der Waals surface area contributed by atoms with Gasteiger partial charge < -0.3 is 15.0 Å². The molecule has 2 aliphatic rings. The number of fused-ring (bicyclic) bond motifs is 1. The van der Waals surface area contributed by atoms with E-state index in [1.54, 1.807) is 4.90 Å². The summed E-state index contributed by atoms with van der Waals surface area (Å²) in [7, 11) is 0. The summed E-state index contributed by atoms with van der Waals surface area (Å²) in [5.74, 6) is -0.531. The Hall–Kier alpha value is -2.94. The lowest BCUT2D eigenvalue weighted by Gasteiger charge is -2.26. The molecule has 4 rings (SSSR count). The third kappa shape index (κ3) is 4.24. The fourth-order valence-corrected chi connectivity index (χ4v) is 3.77. The van der Waals surface area contributed by atoms with Crippen LogP contribution in [-0.2, 0) is 29.2 Å². The van der Waals surface area contributed by atoms with E-state index in [0.29, 0.717) is 26.2 Å². The monoisotopic (exact) mass is 399 g/mol. The summed E-state index contributed by atoms with van der Waals surface area (Å²) in [5, 5.41) is 6.91. The average Bonchev–Trinajstić information content (AvgIpc) is 3.32. The zero-order valence-corrected chi connectivity index (χ0v) is 16.5. The van der Waals surface area contributed by atoms with Gasteiger partial charge in [0, 0.05) is 32.8 Å². The lowest BCUT2D eigenvalue weighted by atomic mass is 10.1. The summed E-state index contributed by atoms with van der Waals surface area (Å²) in [5.41, 5.74) is 1.72. The first-order valence-electron chi connectivity index (χ1n) is 9.92. The van der Waals surface area contributed by atoms with Crippen LogP contribution in [0.15, 0.2) is 29.1 Å². The zero-order valence-electron chi connectivity index (χ0n) is 16.5. The Kier molecular flexibility index (Phi) is 5.48. The Labute approximate surface area is 168 Å². The van der Waals surface area contributed by atoms with Crippen molar-refractivity contribution in [2.75, 3.05) is 19.7 Å². The predicted molar refractivity (Wildman–Crippen MR) is 104 cm³/mol.